The van der Waals surface area contributed by atoms with E-state index in [9.17, 15) is 5.11 Å². The lowest BCUT2D eigenvalue weighted by atomic mass is 10.1. The predicted octanol–water partition coefficient (Wildman–Crippen LogP) is 6.22. The second kappa shape index (κ2) is 9.24. The summed E-state index contributed by atoms with van der Waals surface area (Å²) in [6.45, 7) is 0.340. The van der Waals surface area contributed by atoms with E-state index in [1.165, 1.54) is 12.3 Å². The smallest absolute Gasteiger partial charge is 0.220 e. The van der Waals surface area contributed by atoms with Gasteiger partial charge in [-0.25, -0.2) is 9.97 Å². The summed E-state index contributed by atoms with van der Waals surface area (Å²) in [4.78, 5) is 8.29. The first-order valence-corrected chi connectivity index (χ1v) is 10.4. The van der Waals surface area contributed by atoms with Crippen molar-refractivity contribution in [2.45, 2.75) is 6.61 Å². The fourth-order valence-corrected chi connectivity index (χ4v) is 3.34. The average molecular weight is 499 g/mol. The molecule has 0 spiro atoms. The summed E-state index contributed by atoms with van der Waals surface area (Å²) in [5, 5.41) is 11.3. The predicted molar refractivity (Wildman–Crippen MR) is 124 cm³/mol. The topological polar surface area (TPSA) is 90.5 Å². The number of ether oxygens (including phenoxy) is 2. The van der Waals surface area contributed by atoms with Crippen molar-refractivity contribution in [2.75, 3.05) is 5.73 Å². The first kappa shape index (κ1) is 21.0. The van der Waals surface area contributed by atoms with Gasteiger partial charge in [-0.3, -0.25) is 0 Å². The fraction of sp³-hybridized carbons (Fsp3) is 0.0435. The highest BCUT2D eigenvalue weighted by molar-refractivity contribution is 9.10. The van der Waals surface area contributed by atoms with Crippen molar-refractivity contribution in [1.29, 1.82) is 0 Å². The Morgan fingerprint density at radius 1 is 1.00 bits per heavy atom. The highest BCUT2D eigenvalue weighted by atomic mass is 79.9. The third-order valence-electron chi connectivity index (χ3n) is 4.37. The molecule has 0 amide bonds. The lowest BCUT2D eigenvalue weighted by Gasteiger charge is -2.14. The molecule has 31 heavy (non-hydrogen) atoms. The van der Waals surface area contributed by atoms with E-state index in [4.69, 9.17) is 26.8 Å². The van der Waals surface area contributed by atoms with E-state index in [1.54, 1.807) is 30.3 Å². The Hall–Kier alpha value is -3.29. The van der Waals surface area contributed by atoms with Gasteiger partial charge in [-0.15, -0.1) is 0 Å². The lowest BCUT2D eigenvalue weighted by Crippen LogP contribution is -2.00. The van der Waals surface area contributed by atoms with Crippen molar-refractivity contribution >= 4 is 33.5 Å². The molecule has 0 unspecified atom stereocenters. The SMILES string of the molecule is Nc1ncc(Oc2ccccc2Br)c(-c2ccc(OCc3ccc(Cl)cc3)cc2O)n1. The van der Waals surface area contributed by atoms with Crippen LogP contribution >= 0.6 is 27.5 Å². The Morgan fingerprint density at radius 3 is 2.52 bits per heavy atom. The fourth-order valence-electron chi connectivity index (χ4n) is 2.85. The molecule has 3 aromatic carbocycles. The van der Waals surface area contributed by atoms with Crippen molar-refractivity contribution in [3.8, 4) is 34.3 Å². The van der Waals surface area contributed by atoms with Gasteiger partial charge in [0.1, 0.15) is 29.5 Å². The summed E-state index contributed by atoms with van der Waals surface area (Å²) < 4.78 is 12.5. The van der Waals surface area contributed by atoms with Crippen molar-refractivity contribution in [2.24, 2.45) is 0 Å². The number of nitrogens with zero attached hydrogens (tertiary/aromatic N) is 2. The normalized spacial score (nSPS) is 10.6. The van der Waals surface area contributed by atoms with Crippen LogP contribution in [0.4, 0.5) is 5.95 Å². The van der Waals surface area contributed by atoms with Crippen LogP contribution in [0.5, 0.6) is 23.0 Å². The largest absolute Gasteiger partial charge is 0.507 e. The van der Waals surface area contributed by atoms with Crippen LogP contribution in [-0.4, -0.2) is 15.1 Å². The zero-order valence-corrected chi connectivity index (χ0v) is 18.5. The molecule has 0 fully saturated rings. The van der Waals surface area contributed by atoms with Gasteiger partial charge in [-0.1, -0.05) is 35.9 Å². The minimum absolute atomic E-state index is 0.0244. The number of halogens is 2. The average Bonchev–Trinajstić information content (AvgIpc) is 2.76. The maximum absolute atomic E-state index is 10.7. The van der Waals surface area contributed by atoms with Crippen molar-refractivity contribution in [1.82, 2.24) is 9.97 Å². The number of hydrogen-bond acceptors (Lipinski definition) is 6. The van der Waals surface area contributed by atoms with E-state index in [-0.39, 0.29) is 11.7 Å². The number of nitrogens with two attached hydrogens (primary N) is 1. The molecule has 0 radical (unpaired) electrons. The molecular formula is C23H17BrClN3O3. The van der Waals surface area contributed by atoms with Gasteiger partial charge < -0.3 is 20.3 Å². The number of benzene rings is 3. The highest BCUT2D eigenvalue weighted by Gasteiger charge is 2.16. The summed E-state index contributed by atoms with van der Waals surface area (Å²) in [6.07, 6.45) is 1.47. The Kier molecular flexibility index (Phi) is 6.25. The van der Waals surface area contributed by atoms with Crippen LogP contribution in [0.15, 0.2) is 77.4 Å². The van der Waals surface area contributed by atoms with E-state index < -0.39 is 0 Å². The quantitative estimate of drug-likeness (QED) is 0.328. The van der Waals surface area contributed by atoms with Gasteiger partial charge in [0.25, 0.3) is 0 Å². The Labute approximate surface area is 192 Å². The highest BCUT2D eigenvalue weighted by Crippen LogP contribution is 2.39. The third kappa shape index (κ3) is 5.07. The number of hydrogen-bond donors (Lipinski definition) is 2. The molecule has 4 aromatic rings. The first-order chi connectivity index (χ1) is 15.0. The number of aromatic nitrogens is 2. The van der Waals surface area contributed by atoms with Crippen LogP contribution in [0, 0.1) is 0 Å². The molecule has 0 bridgehead atoms. The molecule has 0 aliphatic carbocycles. The minimum Gasteiger partial charge on any atom is -0.507 e. The van der Waals surface area contributed by atoms with Crippen LogP contribution in [-0.2, 0) is 6.61 Å². The Morgan fingerprint density at radius 2 is 1.77 bits per heavy atom. The second-order valence-electron chi connectivity index (χ2n) is 6.57. The number of para-hydroxylation sites is 1. The number of anilines is 1. The summed E-state index contributed by atoms with van der Waals surface area (Å²) in [7, 11) is 0. The van der Waals surface area contributed by atoms with E-state index in [0.717, 1.165) is 10.0 Å². The maximum atomic E-state index is 10.7. The van der Waals surface area contributed by atoms with Gasteiger partial charge in [0.2, 0.25) is 5.95 Å². The molecule has 4 rings (SSSR count). The van der Waals surface area contributed by atoms with Gasteiger partial charge in [0.15, 0.2) is 5.75 Å². The second-order valence-corrected chi connectivity index (χ2v) is 7.86. The molecule has 0 saturated carbocycles. The Bertz CT molecular complexity index is 1220. The summed E-state index contributed by atoms with van der Waals surface area (Å²) in [5.41, 5.74) is 7.55. The summed E-state index contributed by atoms with van der Waals surface area (Å²) >= 11 is 9.35. The number of aromatic hydroxyl groups is 1. The van der Waals surface area contributed by atoms with Gasteiger partial charge in [-0.05, 0) is 57.9 Å². The van der Waals surface area contributed by atoms with E-state index in [2.05, 4.69) is 25.9 Å². The van der Waals surface area contributed by atoms with E-state index in [1.807, 2.05) is 30.3 Å². The van der Waals surface area contributed by atoms with E-state index in [0.29, 0.717) is 40.1 Å². The van der Waals surface area contributed by atoms with Crippen LogP contribution in [0.25, 0.3) is 11.3 Å². The molecule has 0 aliphatic heterocycles. The molecular weight excluding hydrogens is 482 g/mol. The van der Waals surface area contributed by atoms with E-state index >= 15 is 0 Å². The number of rotatable bonds is 6. The van der Waals surface area contributed by atoms with Crippen LogP contribution in [0.3, 0.4) is 0 Å². The van der Waals surface area contributed by atoms with Gasteiger partial charge in [-0.2, -0.15) is 0 Å². The molecule has 0 saturated heterocycles. The summed E-state index contributed by atoms with van der Waals surface area (Å²) in [5.74, 6) is 1.48. The van der Waals surface area contributed by atoms with Gasteiger partial charge in [0, 0.05) is 16.7 Å². The van der Waals surface area contributed by atoms with Crippen LogP contribution in [0.2, 0.25) is 5.02 Å². The minimum atomic E-state index is -0.0244. The summed E-state index contributed by atoms with van der Waals surface area (Å²) in [6, 6.07) is 19.7. The lowest BCUT2D eigenvalue weighted by molar-refractivity contribution is 0.304. The van der Waals surface area contributed by atoms with Crippen molar-refractivity contribution < 1.29 is 14.6 Å². The number of phenolic OH excluding ortho intramolecular Hbond substituents is 1. The third-order valence-corrected chi connectivity index (χ3v) is 5.28. The molecule has 1 aromatic heterocycles. The van der Waals surface area contributed by atoms with Crippen LogP contribution < -0.4 is 15.2 Å². The standard InChI is InChI=1S/C23H17BrClN3O3/c24-18-3-1-2-4-20(18)31-21-12-27-23(26)28-22(21)17-10-9-16(11-19(17)29)30-13-14-5-7-15(25)8-6-14/h1-12,29H,13H2,(H2,26,27,28). The van der Waals surface area contributed by atoms with Gasteiger partial charge in [0.05, 0.1) is 10.7 Å². The molecule has 0 atom stereocenters. The van der Waals surface area contributed by atoms with Crippen molar-refractivity contribution in [3.05, 3.63) is 88.0 Å². The first-order valence-electron chi connectivity index (χ1n) is 9.25. The zero-order chi connectivity index (χ0) is 21.8. The molecule has 6 nitrogen and oxygen atoms in total. The number of phenols is 1. The molecule has 8 heteroatoms. The maximum Gasteiger partial charge on any atom is 0.220 e. The molecule has 1 heterocycles. The molecule has 3 N–H and O–H groups in total. The zero-order valence-electron chi connectivity index (χ0n) is 16.1. The van der Waals surface area contributed by atoms with Crippen molar-refractivity contribution in [3.63, 3.8) is 0 Å². The monoisotopic (exact) mass is 497 g/mol. The molecule has 156 valence electrons. The number of nitrogen functional groups attached to an aromatic ring is 1. The van der Waals surface area contributed by atoms with Gasteiger partial charge >= 0.3 is 0 Å². The van der Waals surface area contributed by atoms with Crippen LogP contribution in [0.1, 0.15) is 5.56 Å². The molecule has 0 aliphatic rings. The Balaban J connectivity index is 1.59.